The summed E-state index contributed by atoms with van der Waals surface area (Å²) in [5.41, 5.74) is 1.09. The van der Waals surface area contributed by atoms with Gasteiger partial charge in [0.05, 0.1) is 11.7 Å². The zero-order valence-electron chi connectivity index (χ0n) is 14.0. The predicted octanol–water partition coefficient (Wildman–Crippen LogP) is 1.66. The molecule has 1 heterocycles. The molecule has 0 saturated heterocycles. The molecule has 3 rings (SSSR count). The summed E-state index contributed by atoms with van der Waals surface area (Å²) in [7, 11) is 5.64. The first kappa shape index (κ1) is 17.6. The molecule has 0 fully saturated rings. The van der Waals surface area contributed by atoms with Crippen LogP contribution < -0.4 is 16.3 Å². The smallest absolute Gasteiger partial charge is 0.272 e. The van der Waals surface area contributed by atoms with Crippen molar-refractivity contribution in [2.45, 2.75) is 13.0 Å². The van der Waals surface area contributed by atoms with E-state index in [9.17, 15) is 14.0 Å². The van der Waals surface area contributed by atoms with Crippen LogP contribution in [0.15, 0.2) is 65.5 Å². The molecule has 0 bridgehead atoms. The van der Waals surface area contributed by atoms with Crippen LogP contribution in [-0.2, 0) is 0 Å². The Morgan fingerprint density at radius 1 is 1.15 bits per heavy atom. The number of benzene rings is 2. The van der Waals surface area contributed by atoms with E-state index in [0.717, 1.165) is 4.68 Å². The van der Waals surface area contributed by atoms with Crippen molar-refractivity contribution in [3.05, 3.63) is 88.1 Å². The topological polar surface area (TPSA) is 64.0 Å². The molecule has 0 aliphatic heterocycles. The number of halogens is 1. The highest BCUT2D eigenvalue weighted by Gasteiger charge is 2.15. The molecule has 1 amide bonds. The fourth-order valence-electron chi connectivity index (χ4n) is 2.53. The molecule has 7 heteroatoms. The van der Waals surface area contributed by atoms with E-state index >= 15 is 0 Å². The fraction of sp³-hybridized carbons (Fsp3) is 0.105. The molecule has 0 unspecified atom stereocenters. The molecular formula is C19H15BFN3O2. The molecule has 0 aliphatic rings. The first-order chi connectivity index (χ1) is 12.4. The van der Waals surface area contributed by atoms with Gasteiger partial charge in [0.2, 0.25) is 0 Å². The molecule has 1 N–H and O–H groups in total. The highest BCUT2D eigenvalue weighted by Crippen LogP contribution is 2.13. The van der Waals surface area contributed by atoms with E-state index in [1.165, 1.54) is 24.3 Å². The number of aromatic nitrogens is 2. The van der Waals surface area contributed by atoms with Gasteiger partial charge in [-0.25, -0.2) is 4.39 Å². The normalized spacial score (nSPS) is 11.8. The van der Waals surface area contributed by atoms with E-state index in [-0.39, 0.29) is 16.7 Å². The zero-order chi connectivity index (χ0) is 18.7. The molecule has 2 aromatic carbocycles. The Balaban J connectivity index is 1.85. The van der Waals surface area contributed by atoms with E-state index in [1.54, 1.807) is 37.3 Å². The number of carbonyl (C=O) groups is 1. The third-order valence-electron chi connectivity index (χ3n) is 3.82. The van der Waals surface area contributed by atoms with Crippen molar-refractivity contribution in [3.8, 4) is 5.69 Å². The molecule has 0 saturated carbocycles. The van der Waals surface area contributed by atoms with Gasteiger partial charge >= 0.3 is 0 Å². The molecule has 2 radical (unpaired) electrons. The standard InChI is InChI=1S/C19H15BFN3O2/c1-12(13-9-14(20)11-15(21)10-13)22-19(26)17-7-8-18(25)24(23-17)16-5-3-2-4-6-16/h2-12H,1H3,(H,22,26)/t12-/m1/s1. The minimum Gasteiger partial charge on any atom is -0.344 e. The second-order valence-electron chi connectivity index (χ2n) is 5.82. The largest absolute Gasteiger partial charge is 0.344 e. The summed E-state index contributed by atoms with van der Waals surface area (Å²) in [4.78, 5) is 24.5. The molecule has 1 aromatic heterocycles. The Bertz CT molecular complexity index is 985. The number of para-hydroxylation sites is 1. The van der Waals surface area contributed by atoms with Gasteiger partial charge < -0.3 is 5.32 Å². The molecule has 5 nitrogen and oxygen atoms in total. The first-order valence-electron chi connectivity index (χ1n) is 7.96. The van der Waals surface area contributed by atoms with E-state index in [1.807, 2.05) is 6.07 Å². The lowest BCUT2D eigenvalue weighted by Crippen LogP contribution is -2.31. The lowest BCUT2D eigenvalue weighted by molar-refractivity contribution is 0.0933. The summed E-state index contributed by atoms with van der Waals surface area (Å²) in [6.45, 7) is 1.71. The van der Waals surface area contributed by atoms with Crippen molar-refractivity contribution < 1.29 is 9.18 Å². The number of rotatable bonds is 4. The van der Waals surface area contributed by atoms with Crippen LogP contribution >= 0.6 is 0 Å². The van der Waals surface area contributed by atoms with Crippen LogP contribution in [0, 0.1) is 5.82 Å². The van der Waals surface area contributed by atoms with Gasteiger partial charge in [-0.1, -0.05) is 29.7 Å². The van der Waals surface area contributed by atoms with Gasteiger partial charge in [-0.15, -0.1) is 0 Å². The minimum atomic E-state index is -0.487. The Morgan fingerprint density at radius 2 is 1.88 bits per heavy atom. The van der Waals surface area contributed by atoms with Crippen molar-refractivity contribution in [3.63, 3.8) is 0 Å². The molecule has 0 spiro atoms. The summed E-state index contributed by atoms with van der Waals surface area (Å²) >= 11 is 0. The lowest BCUT2D eigenvalue weighted by Gasteiger charge is -2.15. The Morgan fingerprint density at radius 3 is 2.58 bits per heavy atom. The maximum absolute atomic E-state index is 13.5. The first-order valence-corrected chi connectivity index (χ1v) is 7.96. The highest BCUT2D eigenvalue weighted by atomic mass is 19.1. The minimum absolute atomic E-state index is 0.0738. The van der Waals surface area contributed by atoms with Crippen molar-refractivity contribution in [1.29, 1.82) is 0 Å². The third kappa shape index (κ3) is 3.88. The van der Waals surface area contributed by atoms with Crippen LogP contribution in [-0.4, -0.2) is 23.5 Å². The molecule has 3 aromatic rings. The van der Waals surface area contributed by atoms with Crippen LogP contribution in [0.2, 0.25) is 0 Å². The zero-order valence-corrected chi connectivity index (χ0v) is 14.0. The highest BCUT2D eigenvalue weighted by molar-refractivity contribution is 6.32. The number of nitrogens with one attached hydrogen (secondary N) is 1. The van der Waals surface area contributed by atoms with E-state index in [2.05, 4.69) is 10.4 Å². The van der Waals surface area contributed by atoms with Crippen LogP contribution in [0.3, 0.4) is 0 Å². The molecule has 26 heavy (non-hydrogen) atoms. The van der Waals surface area contributed by atoms with Crippen molar-refractivity contribution in [2.24, 2.45) is 0 Å². The van der Waals surface area contributed by atoms with Gasteiger partial charge in [0.1, 0.15) is 19.4 Å². The van der Waals surface area contributed by atoms with Gasteiger partial charge in [0.25, 0.3) is 11.5 Å². The summed E-state index contributed by atoms with van der Waals surface area (Å²) in [5, 5.41) is 6.84. The van der Waals surface area contributed by atoms with Gasteiger partial charge in [0, 0.05) is 6.07 Å². The second-order valence-corrected chi connectivity index (χ2v) is 5.82. The monoisotopic (exact) mass is 347 g/mol. The number of hydrogen-bond donors (Lipinski definition) is 1. The molecular weight excluding hydrogens is 332 g/mol. The Kier molecular flexibility index (Phi) is 4.98. The fourth-order valence-corrected chi connectivity index (χ4v) is 2.53. The Labute approximate surface area is 150 Å². The summed E-state index contributed by atoms with van der Waals surface area (Å²) in [6, 6.07) is 15.0. The van der Waals surface area contributed by atoms with E-state index in [0.29, 0.717) is 11.3 Å². The van der Waals surface area contributed by atoms with E-state index in [4.69, 9.17) is 7.85 Å². The number of nitrogens with zero attached hydrogens (tertiary/aromatic N) is 2. The van der Waals surface area contributed by atoms with Crippen LogP contribution in [0.1, 0.15) is 29.0 Å². The molecule has 128 valence electrons. The van der Waals surface area contributed by atoms with Gasteiger partial charge in [-0.3, -0.25) is 9.59 Å². The van der Waals surface area contributed by atoms with Crippen LogP contribution in [0.5, 0.6) is 0 Å². The maximum Gasteiger partial charge on any atom is 0.272 e. The van der Waals surface area contributed by atoms with Gasteiger partial charge in [-0.2, -0.15) is 9.78 Å². The van der Waals surface area contributed by atoms with Gasteiger partial charge in [0.15, 0.2) is 0 Å². The Hall–Kier alpha value is -3.22. The number of carbonyl (C=O) groups excluding carboxylic acids is 1. The molecule has 0 aliphatic carbocycles. The number of hydrogen-bond acceptors (Lipinski definition) is 3. The molecule has 1 atom stereocenters. The maximum atomic E-state index is 13.5. The summed E-state index contributed by atoms with van der Waals surface area (Å²) < 4.78 is 14.6. The average molecular weight is 347 g/mol. The van der Waals surface area contributed by atoms with Crippen LogP contribution in [0.25, 0.3) is 5.69 Å². The SMILES string of the molecule is [B]c1cc(F)cc([C@@H](C)NC(=O)c2ccc(=O)n(-c3ccccc3)n2)c1. The van der Waals surface area contributed by atoms with Gasteiger partial charge in [-0.05, 0) is 42.8 Å². The van der Waals surface area contributed by atoms with Crippen molar-refractivity contribution in [1.82, 2.24) is 15.1 Å². The van der Waals surface area contributed by atoms with Crippen molar-refractivity contribution >= 4 is 19.2 Å². The van der Waals surface area contributed by atoms with Crippen molar-refractivity contribution in [2.75, 3.05) is 0 Å². The average Bonchev–Trinajstić information content (AvgIpc) is 2.62. The number of amides is 1. The summed E-state index contributed by atoms with van der Waals surface area (Å²) in [5.74, 6) is -0.957. The predicted molar refractivity (Wildman–Crippen MR) is 97.5 cm³/mol. The summed E-state index contributed by atoms with van der Waals surface area (Å²) in [6.07, 6.45) is 0. The lowest BCUT2D eigenvalue weighted by atomic mass is 9.92. The third-order valence-corrected chi connectivity index (χ3v) is 3.82. The quantitative estimate of drug-likeness (QED) is 0.730. The second kappa shape index (κ2) is 7.35. The van der Waals surface area contributed by atoms with E-state index < -0.39 is 17.8 Å². The van der Waals surface area contributed by atoms with Crippen LogP contribution in [0.4, 0.5) is 4.39 Å².